The van der Waals surface area contributed by atoms with Gasteiger partial charge in [0.2, 0.25) is 11.8 Å². The molecule has 1 aliphatic heterocycles. The average Bonchev–Trinajstić information content (AvgIpc) is 3.31. The monoisotopic (exact) mass is 404 g/mol. The second-order valence-corrected chi connectivity index (χ2v) is 8.53. The van der Waals surface area contributed by atoms with Gasteiger partial charge >= 0.3 is 0 Å². The molecule has 2 amide bonds. The van der Waals surface area contributed by atoms with Crippen molar-refractivity contribution in [1.82, 2.24) is 4.98 Å². The summed E-state index contributed by atoms with van der Waals surface area (Å²) in [6.07, 6.45) is 5.08. The van der Waals surface area contributed by atoms with Crippen LogP contribution in [0.1, 0.15) is 39.0 Å². The van der Waals surface area contributed by atoms with Crippen LogP contribution in [-0.2, 0) is 9.59 Å². The van der Waals surface area contributed by atoms with Crippen molar-refractivity contribution in [2.24, 2.45) is 5.92 Å². The van der Waals surface area contributed by atoms with Gasteiger partial charge in [-0.1, -0.05) is 25.5 Å². The van der Waals surface area contributed by atoms with Crippen LogP contribution in [-0.4, -0.2) is 28.9 Å². The molecule has 2 heterocycles. The van der Waals surface area contributed by atoms with Gasteiger partial charge in [-0.25, -0.2) is 9.88 Å². The van der Waals surface area contributed by atoms with Gasteiger partial charge < -0.3 is 9.73 Å². The zero-order valence-electron chi connectivity index (χ0n) is 17.1. The molecule has 3 aromatic rings. The van der Waals surface area contributed by atoms with Crippen molar-refractivity contribution in [1.29, 1.82) is 0 Å². The summed E-state index contributed by atoms with van der Waals surface area (Å²) < 4.78 is 5.81. The van der Waals surface area contributed by atoms with Crippen LogP contribution < -0.4 is 10.2 Å². The van der Waals surface area contributed by atoms with E-state index in [1.807, 2.05) is 36.4 Å². The number of anilines is 1. The number of aromatic nitrogens is 1. The van der Waals surface area contributed by atoms with Gasteiger partial charge in [0, 0.05) is 11.5 Å². The number of para-hydroxylation sites is 2. The number of hydrogen-bond donors (Lipinski definition) is 1. The first kappa shape index (κ1) is 19.0. The lowest BCUT2D eigenvalue weighted by Crippen LogP contribution is -2.97. The van der Waals surface area contributed by atoms with Crippen molar-refractivity contribution in [3.63, 3.8) is 0 Å². The largest absolute Gasteiger partial charge is 0.436 e. The number of hydrogen-bond acceptors (Lipinski definition) is 4. The highest BCUT2D eigenvalue weighted by Crippen LogP contribution is 2.28. The molecule has 2 fully saturated rings. The fraction of sp³-hybridized carbons (Fsp3) is 0.375. The number of oxazole rings is 1. The number of imide groups is 1. The van der Waals surface area contributed by atoms with Gasteiger partial charge in [0.05, 0.1) is 18.2 Å². The quantitative estimate of drug-likeness (QED) is 0.677. The second-order valence-electron chi connectivity index (χ2n) is 8.53. The van der Waals surface area contributed by atoms with Crippen LogP contribution in [0.25, 0.3) is 22.6 Å². The molecule has 3 atom stereocenters. The molecule has 154 valence electrons. The Balaban J connectivity index is 1.33. The molecule has 30 heavy (non-hydrogen) atoms. The minimum atomic E-state index is -0.306. The zero-order chi connectivity index (χ0) is 20.7. The summed E-state index contributed by atoms with van der Waals surface area (Å²) in [6.45, 7) is 2.25. The van der Waals surface area contributed by atoms with Crippen molar-refractivity contribution in [3.8, 4) is 11.5 Å². The lowest BCUT2D eigenvalue weighted by molar-refractivity contribution is -0.715. The van der Waals surface area contributed by atoms with Crippen LogP contribution in [0.15, 0.2) is 52.9 Å². The second kappa shape index (κ2) is 7.69. The first-order valence-electron chi connectivity index (χ1n) is 10.8. The predicted molar refractivity (Wildman–Crippen MR) is 114 cm³/mol. The number of nitrogens with zero attached hydrogens (tertiary/aromatic N) is 2. The molecule has 3 unspecified atom stereocenters. The smallest absolute Gasteiger partial charge is 0.292 e. The normalized spacial score (nSPS) is 24.7. The summed E-state index contributed by atoms with van der Waals surface area (Å²) in [5, 5.41) is 2.15. The Morgan fingerprint density at radius 3 is 2.57 bits per heavy atom. The Morgan fingerprint density at radius 1 is 1.03 bits per heavy atom. The van der Waals surface area contributed by atoms with Gasteiger partial charge in [0.15, 0.2) is 11.6 Å². The number of rotatable bonds is 4. The van der Waals surface area contributed by atoms with Crippen LogP contribution in [0.4, 0.5) is 5.69 Å². The Morgan fingerprint density at radius 2 is 1.80 bits per heavy atom. The molecular weight excluding hydrogens is 378 g/mol. The number of amides is 2. The van der Waals surface area contributed by atoms with E-state index < -0.39 is 0 Å². The summed E-state index contributed by atoms with van der Waals surface area (Å²) in [6, 6.07) is 15.0. The topological polar surface area (TPSA) is 80.0 Å². The van der Waals surface area contributed by atoms with Gasteiger partial charge in [0.25, 0.3) is 5.91 Å². The highest BCUT2D eigenvalue weighted by Gasteiger charge is 2.44. The summed E-state index contributed by atoms with van der Waals surface area (Å²) in [4.78, 5) is 31.5. The molecular formula is C24H26N3O3+. The molecule has 0 radical (unpaired) electrons. The number of carbonyl (C=O) groups is 2. The lowest BCUT2D eigenvalue weighted by Gasteiger charge is -2.28. The molecule has 6 nitrogen and oxygen atoms in total. The maximum Gasteiger partial charge on any atom is 0.292 e. The summed E-state index contributed by atoms with van der Waals surface area (Å²) in [5.41, 5.74) is 2.96. The standard InChI is InChI=1S/C24H25N3O3/c1-15-6-2-3-7-18(15)25-20-14-22(28)27(24(20)29)17-12-10-16(11-13-17)23-26-19-8-4-5-9-21(19)30-23/h4-5,8-13,15,18,20,25H,2-3,6-7,14H2,1H3/p+1. The van der Waals surface area contributed by atoms with E-state index in [2.05, 4.69) is 17.2 Å². The third kappa shape index (κ3) is 3.41. The molecule has 2 N–H and O–H groups in total. The van der Waals surface area contributed by atoms with E-state index in [0.717, 1.165) is 23.1 Å². The van der Waals surface area contributed by atoms with Crippen LogP contribution >= 0.6 is 0 Å². The van der Waals surface area contributed by atoms with Gasteiger partial charge in [-0.15, -0.1) is 0 Å². The molecule has 2 aromatic carbocycles. The number of nitrogens with two attached hydrogens (primary N) is 1. The van der Waals surface area contributed by atoms with Crippen LogP contribution in [0.2, 0.25) is 0 Å². The molecule has 6 heteroatoms. The number of fused-ring (bicyclic) bond motifs is 1. The molecule has 0 bridgehead atoms. The van der Waals surface area contributed by atoms with E-state index in [1.54, 1.807) is 12.1 Å². The molecule has 1 aliphatic carbocycles. The Hall–Kier alpha value is -2.99. The van der Waals surface area contributed by atoms with Gasteiger partial charge in [-0.2, -0.15) is 0 Å². The Kier molecular flexibility index (Phi) is 4.87. The first-order valence-corrected chi connectivity index (χ1v) is 10.8. The van der Waals surface area contributed by atoms with Crippen LogP contribution in [0.5, 0.6) is 0 Å². The fourth-order valence-corrected chi connectivity index (χ4v) is 4.76. The SMILES string of the molecule is CC1CCCCC1[NH2+]C1CC(=O)N(c2ccc(-c3nc4ccccc4o3)cc2)C1=O. The van der Waals surface area contributed by atoms with E-state index in [9.17, 15) is 9.59 Å². The van der Waals surface area contributed by atoms with E-state index >= 15 is 0 Å². The van der Waals surface area contributed by atoms with E-state index in [4.69, 9.17) is 4.42 Å². The van der Waals surface area contributed by atoms with Crippen molar-refractivity contribution >= 4 is 28.6 Å². The predicted octanol–water partition coefficient (Wildman–Crippen LogP) is 3.27. The maximum atomic E-state index is 13.0. The lowest BCUT2D eigenvalue weighted by atomic mass is 9.85. The maximum absolute atomic E-state index is 13.0. The minimum Gasteiger partial charge on any atom is -0.436 e. The fourth-order valence-electron chi connectivity index (χ4n) is 4.76. The highest BCUT2D eigenvalue weighted by atomic mass is 16.3. The van der Waals surface area contributed by atoms with Gasteiger partial charge in [-0.05, 0) is 55.7 Å². The number of carbonyl (C=O) groups excluding carboxylic acids is 2. The molecule has 1 aromatic heterocycles. The van der Waals surface area contributed by atoms with Crippen LogP contribution in [0.3, 0.4) is 0 Å². The molecule has 0 spiro atoms. The van der Waals surface area contributed by atoms with Crippen molar-refractivity contribution in [3.05, 3.63) is 48.5 Å². The Labute approximate surface area is 175 Å². The van der Waals surface area contributed by atoms with E-state index in [1.165, 1.54) is 24.2 Å². The Bertz CT molecular complexity index is 1060. The average molecular weight is 404 g/mol. The van der Waals surface area contributed by atoms with E-state index in [-0.39, 0.29) is 24.3 Å². The van der Waals surface area contributed by atoms with Gasteiger partial charge in [-0.3, -0.25) is 9.59 Å². The molecule has 5 rings (SSSR count). The third-order valence-electron chi connectivity index (χ3n) is 6.51. The molecule has 1 saturated carbocycles. The zero-order valence-corrected chi connectivity index (χ0v) is 17.1. The van der Waals surface area contributed by atoms with Gasteiger partial charge in [0.1, 0.15) is 5.52 Å². The molecule has 2 aliphatic rings. The van der Waals surface area contributed by atoms with Crippen molar-refractivity contribution in [2.75, 3.05) is 4.90 Å². The first-order chi connectivity index (χ1) is 14.6. The van der Waals surface area contributed by atoms with Crippen molar-refractivity contribution in [2.45, 2.75) is 51.1 Å². The van der Waals surface area contributed by atoms with Crippen molar-refractivity contribution < 1.29 is 19.3 Å². The minimum absolute atomic E-state index is 0.104. The highest BCUT2D eigenvalue weighted by molar-refractivity contribution is 6.21. The van der Waals surface area contributed by atoms with Crippen LogP contribution in [0, 0.1) is 5.92 Å². The summed E-state index contributed by atoms with van der Waals surface area (Å²) >= 11 is 0. The number of quaternary nitrogens is 1. The summed E-state index contributed by atoms with van der Waals surface area (Å²) in [5.74, 6) is 0.886. The summed E-state index contributed by atoms with van der Waals surface area (Å²) in [7, 11) is 0. The third-order valence-corrected chi connectivity index (χ3v) is 6.51. The molecule has 1 saturated heterocycles. The number of benzene rings is 2. The van der Waals surface area contributed by atoms with E-state index in [0.29, 0.717) is 23.5 Å².